The summed E-state index contributed by atoms with van der Waals surface area (Å²) in [6.07, 6.45) is 0. The standard InChI is InChI=1S/C12H17BrClNO2S/c1-12(2,3)18(16,17)7-6-15-9-4-5-10(13)11(14)8-9/h4-5,8,15H,6-7H2,1-3H3. The lowest BCUT2D eigenvalue weighted by molar-refractivity contribution is 0.560. The lowest BCUT2D eigenvalue weighted by Crippen LogP contribution is -2.32. The Bertz CT molecular complexity index is 523. The summed E-state index contributed by atoms with van der Waals surface area (Å²) in [4.78, 5) is 0. The van der Waals surface area contributed by atoms with Gasteiger partial charge in [0.2, 0.25) is 0 Å². The summed E-state index contributed by atoms with van der Waals surface area (Å²) in [6.45, 7) is 5.49. The molecule has 18 heavy (non-hydrogen) atoms. The minimum atomic E-state index is -3.09. The molecule has 0 aliphatic carbocycles. The normalized spacial score (nSPS) is 12.5. The number of benzene rings is 1. The van der Waals surface area contributed by atoms with Gasteiger partial charge in [0.15, 0.2) is 9.84 Å². The van der Waals surface area contributed by atoms with Gasteiger partial charge in [0.25, 0.3) is 0 Å². The van der Waals surface area contributed by atoms with Crippen LogP contribution in [0.5, 0.6) is 0 Å². The van der Waals surface area contributed by atoms with Crippen molar-refractivity contribution in [2.24, 2.45) is 0 Å². The van der Waals surface area contributed by atoms with Crippen LogP contribution in [-0.2, 0) is 9.84 Å². The van der Waals surface area contributed by atoms with Gasteiger partial charge in [-0.15, -0.1) is 0 Å². The number of halogens is 2. The molecule has 0 spiro atoms. The van der Waals surface area contributed by atoms with E-state index in [0.29, 0.717) is 11.6 Å². The molecule has 1 aromatic rings. The summed E-state index contributed by atoms with van der Waals surface area (Å²) in [7, 11) is -3.09. The van der Waals surface area contributed by atoms with Gasteiger partial charge in [0.1, 0.15) is 0 Å². The quantitative estimate of drug-likeness (QED) is 0.896. The lowest BCUT2D eigenvalue weighted by Gasteiger charge is -2.19. The van der Waals surface area contributed by atoms with Crippen LogP contribution < -0.4 is 5.32 Å². The third-order valence-corrected chi connectivity index (χ3v) is 6.39. The molecule has 0 aliphatic heterocycles. The second-order valence-electron chi connectivity index (χ2n) is 4.99. The Morgan fingerprint density at radius 1 is 1.33 bits per heavy atom. The molecule has 0 bridgehead atoms. The Labute approximate surface area is 122 Å². The van der Waals surface area contributed by atoms with Crippen molar-refractivity contribution < 1.29 is 8.42 Å². The fourth-order valence-corrected chi connectivity index (χ4v) is 2.65. The van der Waals surface area contributed by atoms with E-state index in [1.807, 2.05) is 12.1 Å². The van der Waals surface area contributed by atoms with E-state index in [9.17, 15) is 8.42 Å². The minimum absolute atomic E-state index is 0.101. The number of nitrogens with one attached hydrogen (secondary N) is 1. The highest BCUT2D eigenvalue weighted by Gasteiger charge is 2.28. The van der Waals surface area contributed by atoms with Crippen LogP contribution in [0.3, 0.4) is 0 Å². The average Bonchev–Trinajstić information content (AvgIpc) is 2.21. The average molecular weight is 355 g/mol. The van der Waals surface area contributed by atoms with Crippen molar-refractivity contribution in [1.82, 2.24) is 0 Å². The molecule has 1 aromatic carbocycles. The number of sulfone groups is 1. The van der Waals surface area contributed by atoms with Crippen molar-refractivity contribution in [2.75, 3.05) is 17.6 Å². The molecule has 0 unspecified atom stereocenters. The third-order valence-electron chi connectivity index (χ3n) is 2.55. The molecule has 3 nitrogen and oxygen atoms in total. The van der Waals surface area contributed by atoms with Crippen LogP contribution >= 0.6 is 27.5 Å². The topological polar surface area (TPSA) is 46.2 Å². The Morgan fingerprint density at radius 3 is 2.44 bits per heavy atom. The molecular formula is C12H17BrClNO2S. The monoisotopic (exact) mass is 353 g/mol. The number of hydrogen-bond acceptors (Lipinski definition) is 3. The molecule has 6 heteroatoms. The van der Waals surface area contributed by atoms with Gasteiger partial charge in [-0.1, -0.05) is 11.6 Å². The molecule has 1 rings (SSSR count). The zero-order chi connectivity index (χ0) is 14.0. The SMILES string of the molecule is CC(C)(C)S(=O)(=O)CCNc1ccc(Br)c(Cl)c1. The van der Waals surface area contributed by atoms with Crippen LogP contribution in [0.15, 0.2) is 22.7 Å². The molecule has 102 valence electrons. The van der Waals surface area contributed by atoms with Crippen molar-refractivity contribution in [1.29, 1.82) is 0 Å². The summed E-state index contributed by atoms with van der Waals surface area (Å²) in [5.41, 5.74) is 0.812. The zero-order valence-electron chi connectivity index (χ0n) is 10.6. The fraction of sp³-hybridized carbons (Fsp3) is 0.500. The summed E-state index contributed by atoms with van der Waals surface area (Å²) in [6, 6.07) is 5.43. The maximum atomic E-state index is 11.9. The minimum Gasteiger partial charge on any atom is -0.384 e. The van der Waals surface area contributed by atoms with Crippen LogP contribution in [0, 0.1) is 0 Å². The molecule has 1 N–H and O–H groups in total. The first-order valence-corrected chi connectivity index (χ1v) is 8.37. The lowest BCUT2D eigenvalue weighted by atomic mass is 10.3. The highest BCUT2D eigenvalue weighted by molar-refractivity contribution is 9.10. The van der Waals surface area contributed by atoms with Gasteiger partial charge in [0.05, 0.1) is 15.5 Å². The van der Waals surface area contributed by atoms with E-state index in [1.165, 1.54) is 0 Å². The fourth-order valence-electron chi connectivity index (χ4n) is 1.24. The van der Waals surface area contributed by atoms with Crippen LogP contribution in [-0.4, -0.2) is 25.5 Å². The van der Waals surface area contributed by atoms with E-state index in [1.54, 1.807) is 26.8 Å². The Morgan fingerprint density at radius 2 is 1.94 bits per heavy atom. The maximum Gasteiger partial charge on any atom is 0.156 e. The van der Waals surface area contributed by atoms with Crippen molar-refractivity contribution >= 4 is 43.1 Å². The predicted molar refractivity (Wildman–Crippen MR) is 81.2 cm³/mol. The van der Waals surface area contributed by atoms with Gasteiger partial charge < -0.3 is 5.32 Å². The molecule has 0 radical (unpaired) electrons. The smallest absolute Gasteiger partial charge is 0.156 e. The number of anilines is 1. The maximum absolute atomic E-state index is 11.9. The first-order valence-electron chi connectivity index (χ1n) is 5.55. The number of rotatable bonds is 4. The first kappa shape index (κ1) is 15.8. The van der Waals surface area contributed by atoms with Crippen molar-refractivity contribution in [3.63, 3.8) is 0 Å². The third kappa shape index (κ3) is 4.14. The van der Waals surface area contributed by atoms with Gasteiger partial charge in [-0.25, -0.2) is 8.42 Å². The second-order valence-corrected chi connectivity index (χ2v) is 9.11. The molecule has 0 saturated carbocycles. The van der Waals surface area contributed by atoms with Crippen molar-refractivity contribution in [3.05, 3.63) is 27.7 Å². The molecule has 0 amide bonds. The van der Waals surface area contributed by atoms with Gasteiger partial charge in [-0.05, 0) is 54.9 Å². The van der Waals surface area contributed by atoms with Crippen LogP contribution in [0.4, 0.5) is 5.69 Å². The summed E-state index contributed by atoms with van der Waals surface area (Å²) in [5.74, 6) is 0.101. The first-order chi connectivity index (χ1) is 8.13. The second kappa shape index (κ2) is 5.80. The van der Waals surface area contributed by atoms with E-state index < -0.39 is 14.6 Å². The Balaban J connectivity index is 2.60. The zero-order valence-corrected chi connectivity index (χ0v) is 13.8. The van der Waals surface area contributed by atoms with Crippen molar-refractivity contribution in [3.8, 4) is 0 Å². The van der Waals surface area contributed by atoms with Crippen LogP contribution in [0.1, 0.15) is 20.8 Å². The molecule has 0 atom stereocenters. The highest BCUT2D eigenvalue weighted by atomic mass is 79.9. The Kier molecular flexibility index (Phi) is 5.09. The van der Waals surface area contributed by atoms with Crippen molar-refractivity contribution in [2.45, 2.75) is 25.5 Å². The van der Waals surface area contributed by atoms with Gasteiger partial charge in [-0.3, -0.25) is 0 Å². The number of hydrogen-bond donors (Lipinski definition) is 1. The van der Waals surface area contributed by atoms with E-state index >= 15 is 0 Å². The molecule has 0 heterocycles. The summed E-state index contributed by atoms with van der Waals surface area (Å²) < 4.78 is 23.9. The van der Waals surface area contributed by atoms with Crippen LogP contribution in [0.2, 0.25) is 5.02 Å². The predicted octanol–water partition coefficient (Wildman–Crippen LogP) is 3.73. The largest absolute Gasteiger partial charge is 0.384 e. The summed E-state index contributed by atoms with van der Waals surface area (Å²) in [5, 5.41) is 3.65. The van der Waals surface area contributed by atoms with E-state index in [-0.39, 0.29) is 5.75 Å². The molecular weight excluding hydrogens is 338 g/mol. The Hall–Kier alpha value is -0.260. The van der Waals surface area contributed by atoms with E-state index in [4.69, 9.17) is 11.6 Å². The van der Waals surface area contributed by atoms with Gasteiger partial charge in [-0.2, -0.15) is 0 Å². The van der Waals surface area contributed by atoms with Crippen LogP contribution in [0.25, 0.3) is 0 Å². The van der Waals surface area contributed by atoms with Gasteiger partial charge >= 0.3 is 0 Å². The highest BCUT2D eigenvalue weighted by Crippen LogP contribution is 2.25. The molecule has 0 aliphatic rings. The molecule has 0 fully saturated rings. The molecule has 0 aromatic heterocycles. The van der Waals surface area contributed by atoms with E-state index in [0.717, 1.165) is 10.2 Å². The van der Waals surface area contributed by atoms with E-state index in [2.05, 4.69) is 21.2 Å². The van der Waals surface area contributed by atoms with Gasteiger partial charge in [0, 0.05) is 16.7 Å². The summed E-state index contributed by atoms with van der Waals surface area (Å²) >= 11 is 9.25. The molecule has 0 saturated heterocycles.